The maximum absolute atomic E-state index is 12.6. The van der Waals surface area contributed by atoms with Gasteiger partial charge in [-0.1, -0.05) is 6.07 Å². The summed E-state index contributed by atoms with van der Waals surface area (Å²) in [6.45, 7) is 9.57. The molecule has 0 bridgehead atoms. The van der Waals surface area contributed by atoms with Crippen molar-refractivity contribution in [2.45, 2.75) is 20.8 Å². The van der Waals surface area contributed by atoms with Crippen LogP contribution in [0.2, 0.25) is 0 Å². The molecule has 1 aromatic heterocycles. The minimum absolute atomic E-state index is 0.168. The van der Waals surface area contributed by atoms with Gasteiger partial charge in [-0.2, -0.15) is 0 Å². The number of rotatable bonds is 6. The third-order valence-electron chi connectivity index (χ3n) is 6.12. The van der Waals surface area contributed by atoms with Crippen molar-refractivity contribution < 1.29 is 14.3 Å². The van der Waals surface area contributed by atoms with Gasteiger partial charge >= 0.3 is 5.97 Å². The Hall–Kier alpha value is -3.87. The number of carbonyl (C=O) groups is 2. The number of esters is 1. The summed E-state index contributed by atoms with van der Waals surface area (Å²) < 4.78 is 5.05. The van der Waals surface area contributed by atoms with Crippen molar-refractivity contribution in [1.29, 1.82) is 0 Å². The predicted molar refractivity (Wildman–Crippen MR) is 135 cm³/mol. The number of pyridine rings is 1. The number of amides is 1. The third-order valence-corrected chi connectivity index (χ3v) is 6.12. The van der Waals surface area contributed by atoms with Crippen LogP contribution in [0, 0.1) is 13.8 Å². The van der Waals surface area contributed by atoms with E-state index in [1.807, 2.05) is 68.4 Å². The number of piperazine rings is 1. The van der Waals surface area contributed by atoms with Gasteiger partial charge in [0.15, 0.2) is 0 Å². The summed E-state index contributed by atoms with van der Waals surface area (Å²) in [7, 11) is 0. The first-order chi connectivity index (χ1) is 16.4. The van der Waals surface area contributed by atoms with Gasteiger partial charge in [-0.15, -0.1) is 0 Å². The van der Waals surface area contributed by atoms with Crippen LogP contribution in [0.5, 0.6) is 0 Å². The zero-order valence-corrected chi connectivity index (χ0v) is 19.9. The second kappa shape index (κ2) is 10.4. The Morgan fingerprint density at radius 2 is 1.56 bits per heavy atom. The van der Waals surface area contributed by atoms with E-state index >= 15 is 0 Å². The number of ether oxygens (including phenoxy) is 1. The molecule has 0 saturated carbocycles. The predicted octanol–water partition coefficient (Wildman–Crippen LogP) is 4.45. The fraction of sp³-hybridized carbons (Fsp3) is 0.296. The van der Waals surface area contributed by atoms with Crippen LogP contribution in [-0.2, 0) is 4.74 Å². The summed E-state index contributed by atoms with van der Waals surface area (Å²) in [5.74, 6) is 0.398. The number of nitrogens with one attached hydrogen (secondary N) is 1. The van der Waals surface area contributed by atoms with Gasteiger partial charge in [-0.25, -0.2) is 9.78 Å². The number of benzene rings is 2. The van der Waals surface area contributed by atoms with Gasteiger partial charge in [-0.3, -0.25) is 4.79 Å². The molecular weight excluding hydrogens is 428 g/mol. The minimum Gasteiger partial charge on any atom is -0.462 e. The number of hydrogen-bond donors (Lipinski definition) is 1. The third kappa shape index (κ3) is 5.36. The molecule has 176 valence electrons. The maximum atomic E-state index is 12.6. The van der Waals surface area contributed by atoms with Crippen molar-refractivity contribution in [1.82, 2.24) is 4.98 Å². The molecule has 3 aromatic rings. The van der Waals surface area contributed by atoms with E-state index < -0.39 is 0 Å². The Kier molecular flexibility index (Phi) is 7.11. The lowest BCUT2D eigenvalue weighted by Gasteiger charge is -2.36. The molecule has 0 unspecified atom stereocenters. The average Bonchev–Trinajstić information content (AvgIpc) is 2.87. The molecule has 7 nitrogen and oxygen atoms in total. The summed E-state index contributed by atoms with van der Waals surface area (Å²) in [5, 5.41) is 2.94. The van der Waals surface area contributed by atoms with Gasteiger partial charge in [-0.05, 0) is 80.4 Å². The van der Waals surface area contributed by atoms with Crippen molar-refractivity contribution >= 4 is 29.1 Å². The van der Waals surface area contributed by atoms with Gasteiger partial charge in [0.25, 0.3) is 5.91 Å². The summed E-state index contributed by atoms with van der Waals surface area (Å²) in [5.41, 5.74) is 5.29. The van der Waals surface area contributed by atoms with E-state index in [0.717, 1.165) is 48.9 Å². The van der Waals surface area contributed by atoms with Crippen LogP contribution in [0.1, 0.15) is 38.8 Å². The SMILES string of the molecule is CCOC(=O)c1ccc(N2CCN(c3ccc(C(=O)Nc4ccc(C)c(C)c4)cn3)CC2)cc1. The molecule has 7 heteroatoms. The maximum Gasteiger partial charge on any atom is 0.338 e. The molecule has 1 saturated heterocycles. The normalized spacial score (nSPS) is 13.5. The zero-order valence-electron chi connectivity index (χ0n) is 19.9. The minimum atomic E-state index is -0.295. The van der Waals surface area contributed by atoms with Crippen molar-refractivity contribution in [3.8, 4) is 0 Å². The van der Waals surface area contributed by atoms with Crippen molar-refractivity contribution in [3.63, 3.8) is 0 Å². The highest BCUT2D eigenvalue weighted by Gasteiger charge is 2.19. The first kappa shape index (κ1) is 23.3. The van der Waals surface area contributed by atoms with Crippen molar-refractivity contribution in [3.05, 3.63) is 83.0 Å². The van der Waals surface area contributed by atoms with Gasteiger partial charge in [0, 0.05) is 43.8 Å². The lowest BCUT2D eigenvalue weighted by atomic mass is 10.1. The average molecular weight is 459 g/mol. The molecule has 4 rings (SSSR count). The quantitative estimate of drug-likeness (QED) is 0.550. The molecule has 2 heterocycles. The monoisotopic (exact) mass is 458 g/mol. The lowest BCUT2D eigenvalue weighted by Crippen LogP contribution is -2.46. The molecule has 1 amide bonds. The first-order valence-corrected chi connectivity index (χ1v) is 11.6. The molecule has 0 aliphatic carbocycles. The van der Waals surface area contributed by atoms with Gasteiger partial charge in [0.2, 0.25) is 0 Å². The Bertz CT molecular complexity index is 1150. The highest BCUT2D eigenvalue weighted by Crippen LogP contribution is 2.21. The second-order valence-corrected chi connectivity index (χ2v) is 8.40. The number of aromatic nitrogens is 1. The van der Waals surface area contributed by atoms with Crippen LogP contribution in [0.15, 0.2) is 60.8 Å². The summed E-state index contributed by atoms with van der Waals surface area (Å²) in [6, 6.07) is 17.1. The van der Waals surface area contributed by atoms with E-state index in [1.54, 1.807) is 13.1 Å². The number of nitrogens with zero attached hydrogens (tertiary/aromatic N) is 3. The van der Waals surface area contributed by atoms with Crippen LogP contribution < -0.4 is 15.1 Å². The molecule has 0 spiro atoms. The van der Waals surface area contributed by atoms with Gasteiger partial charge in [0.1, 0.15) is 5.82 Å². The molecule has 1 N–H and O–H groups in total. The number of anilines is 3. The lowest BCUT2D eigenvalue weighted by molar-refractivity contribution is 0.0526. The van der Waals surface area contributed by atoms with Gasteiger partial charge < -0.3 is 19.9 Å². The Balaban J connectivity index is 1.32. The molecule has 1 fully saturated rings. The van der Waals surface area contributed by atoms with Crippen LogP contribution in [-0.4, -0.2) is 49.6 Å². The van der Waals surface area contributed by atoms with E-state index in [-0.39, 0.29) is 11.9 Å². The first-order valence-electron chi connectivity index (χ1n) is 11.6. The Morgan fingerprint density at radius 3 is 2.18 bits per heavy atom. The van der Waals surface area contributed by atoms with Crippen LogP contribution in [0.3, 0.4) is 0 Å². The number of aryl methyl sites for hydroxylation is 2. The second-order valence-electron chi connectivity index (χ2n) is 8.40. The van der Waals surface area contributed by atoms with E-state index in [0.29, 0.717) is 17.7 Å². The number of carbonyl (C=O) groups excluding carboxylic acids is 2. The van der Waals surface area contributed by atoms with E-state index in [9.17, 15) is 9.59 Å². The molecule has 1 aliphatic heterocycles. The van der Waals surface area contributed by atoms with Crippen LogP contribution >= 0.6 is 0 Å². The molecule has 0 radical (unpaired) electrons. The Labute approximate surface area is 200 Å². The van der Waals surface area contributed by atoms with Crippen LogP contribution in [0.25, 0.3) is 0 Å². The molecule has 34 heavy (non-hydrogen) atoms. The highest BCUT2D eigenvalue weighted by molar-refractivity contribution is 6.04. The Morgan fingerprint density at radius 1 is 0.882 bits per heavy atom. The molecule has 1 aliphatic rings. The largest absolute Gasteiger partial charge is 0.462 e. The van der Waals surface area contributed by atoms with E-state index in [2.05, 4.69) is 20.1 Å². The summed E-state index contributed by atoms with van der Waals surface area (Å²) in [4.78, 5) is 33.5. The fourth-order valence-corrected chi connectivity index (χ4v) is 3.95. The molecular formula is C27H30N4O3. The van der Waals surface area contributed by atoms with Gasteiger partial charge in [0.05, 0.1) is 17.7 Å². The van der Waals surface area contributed by atoms with Crippen molar-refractivity contribution in [2.75, 3.05) is 47.9 Å². The van der Waals surface area contributed by atoms with Crippen LogP contribution in [0.4, 0.5) is 17.2 Å². The van der Waals surface area contributed by atoms with E-state index in [1.165, 1.54) is 5.56 Å². The van der Waals surface area contributed by atoms with Crippen molar-refractivity contribution in [2.24, 2.45) is 0 Å². The summed E-state index contributed by atoms with van der Waals surface area (Å²) in [6.07, 6.45) is 1.63. The topological polar surface area (TPSA) is 74.8 Å². The zero-order chi connectivity index (χ0) is 24.1. The summed E-state index contributed by atoms with van der Waals surface area (Å²) >= 11 is 0. The molecule has 0 atom stereocenters. The van der Waals surface area contributed by atoms with E-state index in [4.69, 9.17) is 4.74 Å². The number of hydrogen-bond acceptors (Lipinski definition) is 6. The smallest absolute Gasteiger partial charge is 0.338 e. The standard InChI is InChI=1S/C27H30N4O3/c1-4-34-27(33)21-6-10-24(11-7-21)30-13-15-31(16-14-30)25-12-8-22(18-28-25)26(32)29-23-9-5-19(2)20(3)17-23/h5-12,17-18H,4,13-16H2,1-3H3,(H,29,32). The fourth-order valence-electron chi connectivity index (χ4n) is 3.95. The molecule has 2 aromatic carbocycles. The highest BCUT2D eigenvalue weighted by atomic mass is 16.5.